The zero-order valence-electron chi connectivity index (χ0n) is 8.26. The molecule has 0 saturated carbocycles. The van der Waals surface area contributed by atoms with Crippen LogP contribution >= 0.6 is 0 Å². The largest absolute Gasteiger partial charge is 0.400 e. The minimum Gasteiger partial charge on any atom is -0.400 e. The van der Waals surface area contributed by atoms with Gasteiger partial charge in [0.05, 0.1) is 6.57 Å². The zero-order valence-corrected chi connectivity index (χ0v) is 5.26. The molecule has 0 spiro atoms. The summed E-state index contributed by atoms with van der Waals surface area (Å²) in [5, 5.41) is 0. The highest BCUT2D eigenvalue weighted by Gasteiger charge is 1.95. The molecule has 0 radical (unpaired) electrons. The Morgan fingerprint density at radius 3 is 3.10 bits per heavy atom. The van der Waals surface area contributed by atoms with Gasteiger partial charge in [-0.3, -0.25) is 0 Å². The number of nitrogen functional groups attached to an aromatic ring is 1. The van der Waals surface area contributed by atoms with E-state index in [-0.39, 0.29) is 11.3 Å². The monoisotopic (exact) mass is 135 g/mol. The minimum absolute atomic E-state index is 0.0525. The quantitative estimate of drug-likeness (QED) is 0.428. The van der Waals surface area contributed by atoms with Gasteiger partial charge in [-0.2, -0.15) is 0 Å². The Morgan fingerprint density at radius 2 is 2.50 bits per heavy atom. The SMILES string of the molecule is [2H]C([2H])([2H])c1ccc(N)cc1[N+]#[C-]. The topological polar surface area (TPSA) is 30.4 Å². The molecule has 2 N–H and O–H groups in total. The minimum atomic E-state index is -2.24. The Morgan fingerprint density at radius 1 is 1.70 bits per heavy atom. The van der Waals surface area contributed by atoms with Crippen molar-refractivity contribution >= 4 is 11.4 Å². The number of benzene rings is 1. The highest BCUT2D eigenvalue weighted by Crippen LogP contribution is 2.20. The van der Waals surface area contributed by atoms with Crippen LogP contribution < -0.4 is 5.73 Å². The van der Waals surface area contributed by atoms with Crippen LogP contribution in [0.3, 0.4) is 0 Å². The summed E-state index contributed by atoms with van der Waals surface area (Å²) in [6.45, 7) is 4.54. The predicted molar refractivity (Wildman–Crippen MR) is 41.9 cm³/mol. The Labute approximate surface area is 64.3 Å². The summed E-state index contributed by atoms with van der Waals surface area (Å²) < 4.78 is 21.4. The maximum absolute atomic E-state index is 7.14. The molecule has 0 unspecified atom stereocenters. The third-order valence-electron chi connectivity index (χ3n) is 1.14. The molecule has 0 bridgehead atoms. The highest BCUT2D eigenvalue weighted by molar-refractivity contribution is 5.59. The van der Waals surface area contributed by atoms with E-state index in [1.165, 1.54) is 18.2 Å². The Bertz CT molecular complexity index is 363. The summed E-state index contributed by atoms with van der Waals surface area (Å²) in [6.07, 6.45) is 0. The van der Waals surface area contributed by atoms with E-state index >= 15 is 0 Å². The van der Waals surface area contributed by atoms with E-state index in [1.54, 1.807) is 0 Å². The summed E-state index contributed by atoms with van der Waals surface area (Å²) in [6, 6.07) is 4.22. The van der Waals surface area contributed by atoms with Gasteiger partial charge < -0.3 is 5.73 Å². The van der Waals surface area contributed by atoms with Crippen LogP contribution in [0.15, 0.2) is 18.2 Å². The number of hydrogen-bond donors (Lipinski definition) is 1. The lowest BCUT2D eigenvalue weighted by atomic mass is 10.2. The second-order valence-electron chi connectivity index (χ2n) is 1.89. The average molecular weight is 135 g/mol. The van der Waals surface area contributed by atoms with Gasteiger partial charge in [0.1, 0.15) is 0 Å². The molecule has 1 rings (SSSR count). The fourth-order valence-electron chi connectivity index (χ4n) is 0.641. The third-order valence-corrected chi connectivity index (χ3v) is 1.14. The van der Waals surface area contributed by atoms with Gasteiger partial charge in [-0.1, -0.05) is 6.07 Å². The van der Waals surface area contributed by atoms with Gasteiger partial charge in [0.2, 0.25) is 0 Å². The van der Waals surface area contributed by atoms with Crippen molar-refractivity contribution in [3.63, 3.8) is 0 Å². The molecule has 10 heavy (non-hydrogen) atoms. The van der Waals surface area contributed by atoms with Crippen LogP contribution in [-0.2, 0) is 0 Å². The van der Waals surface area contributed by atoms with E-state index < -0.39 is 6.85 Å². The molecule has 0 aliphatic heterocycles. The number of anilines is 1. The van der Waals surface area contributed by atoms with Crippen molar-refractivity contribution in [3.05, 3.63) is 35.2 Å². The molecule has 0 aliphatic carbocycles. The molecule has 1 aromatic rings. The van der Waals surface area contributed by atoms with Crippen LogP contribution in [0.4, 0.5) is 11.4 Å². The molecule has 0 aliphatic rings. The summed E-state index contributed by atoms with van der Waals surface area (Å²) in [7, 11) is 0. The van der Waals surface area contributed by atoms with Gasteiger partial charge in [0.15, 0.2) is 5.69 Å². The van der Waals surface area contributed by atoms with Gasteiger partial charge in [-0.15, -0.1) is 0 Å². The van der Waals surface area contributed by atoms with Crippen molar-refractivity contribution in [2.75, 3.05) is 5.73 Å². The molecule has 2 nitrogen and oxygen atoms in total. The molecule has 50 valence electrons. The molecular formula is C8H8N2. The first-order valence-electron chi connectivity index (χ1n) is 4.22. The van der Waals surface area contributed by atoms with Gasteiger partial charge in [-0.05, 0) is 24.5 Å². The molecule has 0 amide bonds. The van der Waals surface area contributed by atoms with Crippen molar-refractivity contribution in [2.24, 2.45) is 0 Å². The summed E-state index contributed by atoms with van der Waals surface area (Å²) in [5.41, 5.74) is 5.97. The number of nitrogens with zero attached hydrogens (tertiary/aromatic N) is 1. The van der Waals surface area contributed by atoms with E-state index in [1.807, 2.05) is 0 Å². The van der Waals surface area contributed by atoms with Crippen molar-refractivity contribution in [1.82, 2.24) is 0 Å². The fraction of sp³-hybridized carbons (Fsp3) is 0.125. The first-order valence-corrected chi connectivity index (χ1v) is 2.72. The molecular weight excluding hydrogens is 124 g/mol. The van der Waals surface area contributed by atoms with Gasteiger partial charge in [-0.25, -0.2) is 4.85 Å². The van der Waals surface area contributed by atoms with Crippen LogP contribution in [-0.4, -0.2) is 0 Å². The lowest BCUT2D eigenvalue weighted by molar-refractivity contribution is 1.49. The van der Waals surface area contributed by atoms with Crippen LogP contribution in [0, 0.1) is 13.4 Å². The number of rotatable bonds is 0. The van der Waals surface area contributed by atoms with E-state index in [2.05, 4.69) is 4.85 Å². The Kier molecular flexibility index (Phi) is 0.870. The first kappa shape index (κ1) is 3.62. The highest BCUT2D eigenvalue weighted by atomic mass is 14.7. The maximum Gasteiger partial charge on any atom is 0.192 e. The normalized spacial score (nSPS) is 14.5. The number of hydrogen-bond acceptors (Lipinski definition) is 1. The lowest BCUT2D eigenvalue weighted by Crippen LogP contribution is -1.83. The molecule has 0 heterocycles. The standard InChI is InChI=1S/C8H8N2/c1-6-3-4-7(9)5-8(6)10-2/h3-5H,9H2,1H3/i1D3. The third kappa shape index (κ3) is 1.08. The van der Waals surface area contributed by atoms with Crippen LogP contribution in [0.1, 0.15) is 9.68 Å². The summed E-state index contributed by atoms with van der Waals surface area (Å²) in [5.74, 6) is 0. The smallest absolute Gasteiger partial charge is 0.192 e. The van der Waals surface area contributed by atoms with Crippen molar-refractivity contribution in [1.29, 1.82) is 0 Å². The number of nitrogens with two attached hydrogens (primary N) is 1. The van der Waals surface area contributed by atoms with Crippen LogP contribution in [0.25, 0.3) is 4.85 Å². The van der Waals surface area contributed by atoms with Gasteiger partial charge >= 0.3 is 0 Å². The first-order chi connectivity index (χ1) is 5.95. The van der Waals surface area contributed by atoms with E-state index in [9.17, 15) is 0 Å². The molecule has 0 saturated heterocycles. The predicted octanol–water partition coefficient (Wildman–Crippen LogP) is 2.13. The maximum atomic E-state index is 7.14. The molecule has 2 heteroatoms. The van der Waals surface area contributed by atoms with Gasteiger partial charge in [0, 0.05) is 9.80 Å². The number of aryl methyl sites for hydroxylation is 1. The second-order valence-corrected chi connectivity index (χ2v) is 1.89. The lowest BCUT2D eigenvalue weighted by Gasteiger charge is -1.96. The summed E-state index contributed by atoms with van der Waals surface area (Å²) in [4.78, 5) is 3.11. The van der Waals surface area contributed by atoms with E-state index in [0.29, 0.717) is 5.69 Å². The fourth-order valence-corrected chi connectivity index (χ4v) is 0.641. The van der Waals surface area contributed by atoms with E-state index in [0.717, 1.165) is 0 Å². The van der Waals surface area contributed by atoms with Crippen LogP contribution in [0.5, 0.6) is 0 Å². The average Bonchev–Trinajstić information content (AvgIpc) is 2.01. The summed E-state index contributed by atoms with van der Waals surface area (Å²) >= 11 is 0. The van der Waals surface area contributed by atoms with Crippen molar-refractivity contribution in [2.45, 2.75) is 6.85 Å². The van der Waals surface area contributed by atoms with Crippen molar-refractivity contribution in [3.8, 4) is 0 Å². The van der Waals surface area contributed by atoms with Crippen molar-refractivity contribution < 1.29 is 4.11 Å². The Hall–Kier alpha value is -1.49. The zero-order chi connectivity index (χ0) is 10.1. The van der Waals surface area contributed by atoms with Crippen LogP contribution in [0.2, 0.25) is 0 Å². The second kappa shape index (κ2) is 2.40. The van der Waals surface area contributed by atoms with Gasteiger partial charge in [0.25, 0.3) is 0 Å². The Balaban J connectivity index is 3.32. The molecule has 0 fully saturated rings. The molecule has 1 aromatic carbocycles. The van der Waals surface area contributed by atoms with E-state index in [4.69, 9.17) is 16.4 Å². The molecule has 0 aromatic heterocycles. The molecule has 0 atom stereocenters.